The quantitative estimate of drug-likeness (QED) is 0.433. The average molecular weight is 429 g/mol. The van der Waals surface area contributed by atoms with Gasteiger partial charge in [0.1, 0.15) is 17.4 Å². The maximum atomic E-state index is 13.1. The summed E-state index contributed by atoms with van der Waals surface area (Å²) >= 11 is 7.44. The van der Waals surface area contributed by atoms with Gasteiger partial charge in [-0.15, -0.1) is 11.3 Å². The van der Waals surface area contributed by atoms with Crippen molar-refractivity contribution in [2.24, 2.45) is 0 Å². The molecule has 29 heavy (non-hydrogen) atoms. The second-order valence-electron chi connectivity index (χ2n) is 7.03. The predicted octanol–water partition coefficient (Wildman–Crippen LogP) is 6.12. The topological polar surface area (TPSA) is 42.4 Å². The maximum Gasteiger partial charge on any atom is 0.254 e. The Bertz CT molecular complexity index is 938. The van der Waals surface area contributed by atoms with Crippen LogP contribution in [0, 0.1) is 6.92 Å². The van der Waals surface area contributed by atoms with Crippen molar-refractivity contribution in [2.75, 3.05) is 0 Å². The summed E-state index contributed by atoms with van der Waals surface area (Å²) in [4.78, 5) is 19.6. The molecule has 3 rings (SSSR count). The minimum atomic E-state index is 0.0336. The second kappa shape index (κ2) is 9.90. The molecular formula is C23H25ClN2O2S. The summed E-state index contributed by atoms with van der Waals surface area (Å²) in [6, 6.07) is 15.1. The highest BCUT2D eigenvalue weighted by atomic mass is 35.5. The molecule has 1 atom stereocenters. The largest absolute Gasteiger partial charge is 0.486 e. The molecular weight excluding hydrogens is 404 g/mol. The number of rotatable bonds is 8. The fraction of sp³-hybridized carbons (Fsp3) is 0.304. The van der Waals surface area contributed by atoms with E-state index in [1.54, 1.807) is 23.5 Å². The summed E-state index contributed by atoms with van der Waals surface area (Å²) in [5.41, 5.74) is 2.73. The molecule has 0 spiro atoms. The van der Waals surface area contributed by atoms with Crippen LogP contribution in [0.4, 0.5) is 0 Å². The van der Waals surface area contributed by atoms with E-state index in [1.165, 1.54) is 0 Å². The fourth-order valence-electron chi connectivity index (χ4n) is 2.85. The molecule has 1 aromatic heterocycles. The molecule has 0 N–H and O–H groups in total. The smallest absolute Gasteiger partial charge is 0.254 e. The molecule has 0 saturated carbocycles. The number of carbonyl (C=O) groups is 1. The summed E-state index contributed by atoms with van der Waals surface area (Å²) in [5.74, 6) is 0.785. The number of thiazole rings is 1. The lowest BCUT2D eigenvalue weighted by molar-refractivity contribution is 0.0669. The van der Waals surface area contributed by atoms with Crippen LogP contribution >= 0.6 is 22.9 Å². The third kappa shape index (κ3) is 5.81. The van der Waals surface area contributed by atoms with Crippen molar-refractivity contribution < 1.29 is 9.53 Å². The monoisotopic (exact) mass is 428 g/mol. The van der Waals surface area contributed by atoms with Crippen molar-refractivity contribution in [3.05, 3.63) is 80.8 Å². The first-order valence-electron chi connectivity index (χ1n) is 9.65. The highest BCUT2D eigenvalue weighted by Crippen LogP contribution is 2.20. The van der Waals surface area contributed by atoms with Crippen molar-refractivity contribution in [1.29, 1.82) is 0 Å². The van der Waals surface area contributed by atoms with Gasteiger partial charge in [0.15, 0.2) is 0 Å². The summed E-state index contributed by atoms with van der Waals surface area (Å²) in [6.45, 7) is 7.06. The molecule has 0 aliphatic carbocycles. The zero-order chi connectivity index (χ0) is 20.8. The number of carbonyl (C=O) groups excluding carboxylic acids is 1. The number of hydrogen-bond donors (Lipinski definition) is 0. The zero-order valence-corrected chi connectivity index (χ0v) is 18.5. The number of benzene rings is 2. The van der Waals surface area contributed by atoms with Gasteiger partial charge >= 0.3 is 0 Å². The Morgan fingerprint density at radius 1 is 1.17 bits per heavy atom. The van der Waals surface area contributed by atoms with E-state index in [0.717, 1.165) is 28.4 Å². The number of aryl methyl sites for hydroxylation is 1. The van der Waals surface area contributed by atoms with Crippen LogP contribution in [0.25, 0.3) is 0 Å². The zero-order valence-electron chi connectivity index (χ0n) is 16.9. The van der Waals surface area contributed by atoms with E-state index in [0.29, 0.717) is 23.7 Å². The van der Waals surface area contributed by atoms with Crippen LogP contribution in [0.1, 0.15) is 46.9 Å². The Balaban J connectivity index is 1.67. The molecule has 0 saturated heterocycles. The van der Waals surface area contributed by atoms with Gasteiger partial charge in [0, 0.05) is 22.0 Å². The van der Waals surface area contributed by atoms with E-state index in [1.807, 2.05) is 53.6 Å². The molecule has 0 fully saturated rings. The predicted molar refractivity (Wildman–Crippen MR) is 119 cm³/mol. The van der Waals surface area contributed by atoms with Crippen molar-refractivity contribution in [3.63, 3.8) is 0 Å². The van der Waals surface area contributed by atoms with Gasteiger partial charge < -0.3 is 9.64 Å². The van der Waals surface area contributed by atoms with Crippen molar-refractivity contribution in [2.45, 2.75) is 46.4 Å². The summed E-state index contributed by atoms with van der Waals surface area (Å²) in [7, 11) is 0. The standard InChI is InChI=1S/C23H25ClN2O2S/c1-4-17(3)26(23(27)18-7-5-16(2)6-8-18)13-20-15-29-22(25-20)14-28-21-11-9-19(24)10-12-21/h5-12,15,17H,4,13-14H2,1-3H3. The summed E-state index contributed by atoms with van der Waals surface area (Å²) < 4.78 is 5.77. The summed E-state index contributed by atoms with van der Waals surface area (Å²) in [5, 5.41) is 3.55. The van der Waals surface area contributed by atoms with E-state index in [4.69, 9.17) is 16.3 Å². The number of aromatic nitrogens is 1. The molecule has 1 amide bonds. The normalized spacial score (nSPS) is 11.9. The first kappa shape index (κ1) is 21.3. The molecule has 4 nitrogen and oxygen atoms in total. The van der Waals surface area contributed by atoms with E-state index < -0.39 is 0 Å². The first-order chi connectivity index (χ1) is 14.0. The Morgan fingerprint density at radius 3 is 2.52 bits per heavy atom. The molecule has 0 aliphatic heterocycles. The molecule has 152 valence electrons. The Kier molecular flexibility index (Phi) is 7.29. The molecule has 0 aliphatic rings. The van der Waals surface area contributed by atoms with Gasteiger partial charge in [-0.2, -0.15) is 0 Å². The Hall–Kier alpha value is -2.37. The molecule has 2 aromatic carbocycles. The molecule has 3 aromatic rings. The Morgan fingerprint density at radius 2 is 1.86 bits per heavy atom. The molecule has 0 radical (unpaired) electrons. The molecule has 6 heteroatoms. The van der Waals surface area contributed by atoms with Crippen LogP contribution in [0.15, 0.2) is 53.9 Å². The van der Waals surface area contributed by atoms with Crippen molar-refractivity contribution in [1.82, 2.24) is 9.88 Å². The van der Waals surface area contributed by atoms with Gasteiger partial charge in [-0.25, -0.2) is 4.98 Å². The second-order valence-corrected chi connectivity index (χ2v) is 8.41. The van der Waals surface area contributed by atoms with E-state index >= 15 is 0 Å². The van der Waals surface area contributed by atoms with Gasteiger partial charge in [-0.05, 0) is 56.7 Å². The van der Waals surface area contributed by atoms with E-state index in [-0.39, 0.29) is 11.9 Å². The third-order valence-corrected chi connectivity index (χ3v) is 5.91. The number of hydrogen-bond acceptors (Lipinski definition) is 4. The lowest BCUT2D eigenvalue weighted by Crippen LogP contribution is -2.37. The molecule has 0 bridgehead atoms. The number of halogens is 1. The van der Waals surface area contributed by atoms with Gasteiger partial charge in [0.25, 0.3) is 5.91 Å². The Labute approximate surface area is 181 Å². The summed E-state index contributed by atoms with van der Waals surface area (Å²) in [6.07, 6.45) is 0.883. The fourth-order valence-corrected chi connectivity index (χ4v) is 3.67. The lowest BCUT2D eigenvalue weighted by atomic mass is 10.1. The third-order valence-electron chi connectivity index (χ3n) is 4.79. The van der Waals surface area contributed by atoms with Crippen LogP contribution in [0.3, 0.4) is 0 Å². The van der Waals surface area contributed by atoms with Crippen molar-refractivity contribution in [3.8, 4) is 5.75 Å². The van der Waals surface area contributed by atoms with Crippen LogP contribution in [-0.4, -0.2) is 21.8 Å². The van der Waals surface area contributed by atoms with Gasteiger partial charge in [-0.3, -0.25) is 4.79 Å². The van der Waals surface area contributed by atoms with Gasteiger partial charge in [-0.1, -0.05) is 36.2 Å². The molecule has 1 unspecified atom stereocenters. The first-order valence-corrected chi connectivity index (χ1v) is 10.9. The van der Waals surface area contributed by atoms with Crippen LogP contribution in [0.2, 0.25) is 5.02 Å². The van der Waals surface area contributed by atoms with E-state index in [9.17, 15) is 4.79 Å². The van der Waals surface area contributed by atoms with Crippen molar-refractivity contribution >= 4 is 28.8 Å². The molecule has 1 heterocycles. The van der Waals surface area contributed by atoms with E-state index in [2.05, 4.69) is 18.8 Å². The number of ether oxygens (including phenoxy) is 1. The van der Waals surface area contributed by atoms with Gasteiger partial charge in [0.2, 0.25) is 0 Å². The number of nitrogens with zero attached hydrogens (tertiary/aromatic N) is 2. The average Bonchev–Trinajstić information content (AvgIpc) is 3.18. The SMILES string of the molecule is CCC(C)N(Cc1csc(COc2ccc(Cl)cc2)n1)C(=O)c1ccc(C)cc1. The van der Waals surface area contributed by atoms with Crippen LogP contribution in [0.5, 0.6) is 5.75 Å². The minimum Gasteiger partial charge on any atom is -0.486 e. The maximum absolute atomic E-state index is 13.1. The highest BCUT2D eigenvalue weighted by Gasteiger charge is 2.22. The number of amides is 1. The lowest BCUT2D eigenvalue weighted by Gasteiger charge is -2.28. The van der Waals surface area contributed by atoms with Crippen LogP contribution in [-0.2, 0) is 13.2 Å². The van der Waals surface area contributed by atoms with Crippen LogP contribution < -0.4 is 4.74 Å². The highest BCUT2D eigenvalue weighted by molar-refractivity contribution is 7.09. The van der Waals surface area contributed by atoms with Gasteiger partial charge in [0.05, 0.1) is 12.2 Å². The minimum absolute atomic E-state index is 0.0336.